The van der Waals surface area contributed by atoms with Crippen molar-refractivity contribution in [3.8, 4) is 5.75 Å². The zero-order valence-electron chi connectivity index (χ0n) is 10.2. The van der Waals surface area contributed by atoms with Gasteiger partial charge < -0.3 is 14.5 Å². The number of fused-ring (bicyclic) bond motifs is 1. The van der Waals surface area contributed by atoms with Gasteiger partial charge in [0.2, 0.25) is 0 Å². The van der Waals surface area contributed by atoms with Gasteiger partial charge in [-0.05, 0) is 30.7 Å². The summed E-state index contributed by atoms with van der Waals surface area (Å²) in [5.41, 5.74) is 2.95. The summed E-state index contributed by atoms with van der Waals surface area (Å²) >= 11 is 0. The van der Waals surface area contributed by atoms with Crippen molar-refractivity contribution in [1.82, 2.24) is 4.98 Å². The molecule has 4 nitrogen and oxygen atoms in total. The molecule has 0 amide bonds. The largest absolute Gasteiger partial charge is 0.497 e. The molecule has 0 saturated carbocycles. The smallest absolute Gasteiger partial charge is 0.310 e. The van der Waals surface area contributed by atoms with Crippen LogP contribution in [0.1, 0.15) is 11.3 Å². The minimum Gasteiger partial charge on any atom is -0.497 e. The number of esters is 1. The van der Waals surface area contributed by atoms with Gasteiger partial charge in [0.25, 0.3) is 0 Å². The number of aryl methyl sites for hydroxylation is 1. The van der Waals surface area contributed by atoms with Crippen molar-refractivity contribution in [2.45, 2.75) is 13.3 Å². The third-order valence-electron chi connectivity index (χ3n) is 2.88. The highest BCUT2D eigenvalue weighted by Crippen LogP contribution is 2.26. The lowest BCUT2D eigenvalue weighted by molar-refractivity contribution is -0.139. The van der Waals surface area contributed by atoms with Crippen molar-refractivity contribution in [2.75, 3.05) is 14.2 Å². The molecule has 17 heavy (non-hydrogen) atoms. The second kappa shape index (κ2) is 4.49. The first kappa shape index (κ1) is 11.5. The summed E-state index contributed by atoms with van der Waals surface area (Å²) in [5, 5.41) is 1.01. The van der Waals surface area contributed by atoms with Crippen LogP contribution in [0.5, 0.6) is 5.75 Å². The molecule has 0 atom stereocenters. The maximum absolute atomic E-state index is 11.4. The van der Waals surface area contributed by atoms with Crippen LogP contribution >= 0.6 is 0 Å². The molecule has 1 N–H and O–H groups in total. The normalized spacial score (nSPS) is 10.5. The van der Waals surface area contributed by atoms with Gasteiger partial charge in [-0.3, -0.25) is 4.79 Å². The topological polar surface area (TPSA) is 51.3 Å². The van der Waals surface area contributed by atoms with E-state index < -0.39 is 0 Å². The molecule has 0 radical (unpaired) electrons. The summed E-state index contributed by atoms with van der Waals surface area (Å²) in [5.74, 6) is 0.541. The van der Waals surface area contributed by atoms with E-state index in [1.54, 1.807) is 7.11 Å². The minimum absolute atomic E-state index is 0.239. The number of carbonyl (C=O) groups is 1. The molecule has 2 aromatic rings. The molecule has 90 valence electrons. The molecule has 0 aliphatic rings. The van der Waals surface area contributed by atoms with E-state index in [4.69, 9.17) is 9.47 Å². The Hall–Kier alpha value is -1.97. The number of H-pyrrole nitrogens is 1. The summed E-state index contributed by atoms with van der Waals surface area (Å²) in [7, 11) is 3.02. The van der Waals surface area contributed by atoms with Crippen molar-refractivity contribution >= 4 is 16.9 Å². The standard InChI is InChI=1S/C13H15NO3/c1-8-10(7-13(15)17-3)11-6-9(16-2)4-5-12(11)14-8/h4-6,14H,7H2,1-3H3. The fourth-order valence-electron chi connectivity index (χ4n) is 1.93. The average Bonchev–Trinajstić information content (AvgIpc) is 2.65. The molecule has 0 saturated heterocycles. The molecule has 0 bridgehead atoms. The zero-order chi connectivity index (χ0) is 12.4. The summed E-state index contributed by atoms with van der Waals surface area (Å²) < 4.78 is 9.89. The van der Waals surface area contributed by atoms with Crippen LogP contribution in [0, 0.1) is 6.92 Å². The summed E-state index contributed by atoms with van der Waals surface area (Å²) in [4.78, 5) is 14.6. The second-order valence-electron chi connectivity index (χ2n) is 3.89. The highest BCUT2D eigenvalue weighted by molar-refractivity contribution is 5.89. The Labute approximate surface area is 99.5 Å². The first-order valence-electron chi connectivity index (χ1n) is 5.37. The Balaban J connectivity index is 2.52. The van der Waals surface area contributed by atoms with Gasteiger partial charge in [-0.1, -0.05) is 0 Å². The Bertz CT molecular complexity index is 557. The molecule has 0 unspecified atom stereocenters. The third kappa shape index (κ3) is 2.11. The molecule has 0 aliphatic heterocycles. The van der Waals surface area contributed by atoms with E-state index in [0.717, 1.165) is 27.9 Å². The molecular formula is C13H15NO3. The summed E-state index contributed by atoms with van der Waals surface area (Å²) in [6, 6.07) is 5.76. The minimum atomic E-state index is -0.239. The van der Waals surface area contributed by atoms with Gasteiger partial charge in [0.15, 0.2) is 0 Å². The number of ether oxygens (including phenoxy) is 2. The van der Waals surface area contributed by atoms with Crippen molar-refractivity contribution < 1.29 is 14.3 Å². The fraction of sp³-hybridized carbons (Fsp3) is 0.308. The van der Waals surface area contributed by atoms with E-state index in [2.05, 4.69) is 4.98 Å². The lowest BCUT2D eigenvalue weighted by Crippen LogP contribution is -2.05. The maximum atomic E-state index is 11.4. The molecule has 1 heterocycles. The van der Waals surface area contributed by atoms with Gasteiger partial charge in [-0.2, -0.15) is 0 Å². The predicted octanol–water partition coefficient (Wildman–Crippen LogP) is 2.20. The number of benzene rings is 1. The van der Waals surface area contributed by atoms with Gasteiger partial charge >= 0.3 is 5.97 Å². The molecular weight excluding hydrogens is 218 g/mol. The highest BCUT2D eigenvalue weighted by atomic mass is 16.5. The Morgan fingerprint density at radius 2 is 2.12 bits per heavy atom. The molecule has 1 aromatic heterocycles. The van der Waals surface area contributed by atoms with Crippen LogP contribution in [-0.4, -0.2) is 25.2 Å². The van der Waals surface area contributed by atoms with E-state index in [1.165, 1.54) is 7.11 Å². The van der Waals surface area contributed by atoms with Crippen LogP contribution in [0.15, 0.2) is 18.2 Å². The highest BCUT2D eigenvalue weighted by Gasteiger charge is 2.13. The lowest BCUT2D eigenvalue weighted by atomic mass is 10.1. The predicted molar refractivity (Wildman–Crippen MR) is 65.3 cm³/mol. The van der Waals surface area contributed by atoms with Crippen LogP contribution in [0.25, 0.3) is 10.9 Å². The summed E-state index contributed by atoms with van der Waals surface area (Å²) in [6.07, 6.45) is 0.273. The Kier molecular flexibility index (Phi) is 3.04. The number of aromatic amines is 1. The number of nitrogens with one attached hydrogen (secondary N) is 1. The zero-order valence-corrected chi connectivity index (χ0v) is 10.2. The van der Waals surface area contributed by atoms with E-state index in [1.807, 2.05) is 25.1 Å². The average molecular weight is 233 g/mol. The third-order valence-corrected chi connectivity index (χ3v) is 2.88. The van der Waals surface area contributed by atoms with Gasteiger partial charge in [-0.25, -0.2) is 0 Å². The molecule has 0 fully saturated rings. The van der Waals surface area contributed by atoms with Crippen molar-refractivity contribution in [2.24, 2.45) is 0 Å². The molecule has 4 heteroatoms. The van der Waals surface area contributed by atoms with Crippen LogP contribution in [-0.2, 0) is 16.0 Å². The van der Waals surface area contributed by atoms with Gasteiger partial charge in [0, 0.05) is 16.6 Å². The number of methoxy groups -OCH3 is 2. The maximum Gasteiger partial charge on any atom is 0.310 e. The number of hydrogen-bond acceptors (Lipinski definition) is 3. The van der Waals surface area contributed by atoms with E-state index in [0.29, 0.717) is 0 Å². The summed E-state index contributed by atoms with van der Waals surface area (Å²) in [6.45, 7) is 1.95. The van der Waals surface area contributed by atoms with Gasteiger partial charge in [0.05, 0.1) is 20.6 Å². The Morgan fingerprint density at radius 1 is 1.35 bits per heavy atom. The lowest BCUT2D eigenvalue weighted by Gasteiger charge is -2.02. The number of aromatic nitrogens is 1. The molecule has 0 aliphatic carbocycles. The molecule has 2 rings (SSSR count). The quantitative estimate of drug-likeness (QED) is 0.827. The van der Waals surface area contributed by atoms with E-state index >= 15 is 0 Å². The van der Waals surface area contributed by atoms with Crippen LogP contribution in [0.4, 0.5) is 0 Å². The van der Waals surface area contributed by atoms with Crippen molar-refractivity contribution in [1.29, 1.82) is 0 Å². The van der Waals surface area contributed by atoms with Gasteiger partial charge in [-0.15, -0.1) is 0 Å². The Morgan fingerprint density at radius 3 is 2.76 bits per heavy atom. The second-order valence-corrected chi connectivity index (χ2v) is 3.89. The van der Waals surface area contributed by atoms with Crippen molar-refractivity contribution in [3.63, 3.8) is 0 Å². The monoisotopic (exact) mass is 233 g/mol. The molecule has 0 spiro atoms. The van der Waals surface area contributed by atoms with Crippen molar-refractivity contribution in [3.05, 3.63) is 29.5 Å². The molecule has 1 aromatic carbocycles. The van der Waals surface area contributed by atoms with Crippen LogP contribution in [0.3, 0.4) is 0 Å². The number of hydrogen-bond donors (Lipinski definition) is 1. The first-order valence-corrected chi connectivity index (χ1v) is 5.37. The van der Waals surface area contributed by atoms with Crippen LogP contribution < -0.4 is 4.74 Å². The SMILES string of the molecule is COC(=O)Cc1c(C)[nH]c2ccc(OC)cc12. The van der Waals surface area contributed by atoms with E-state index in [-0.39, 0.29) is 12.4 Å². The number of carbonyl (C=O) groups excluding carboxylic acids is 1. The number of rotatable bonds is 3. The fourth-order valence-corrected chi connectivity index (χ4v) is 1.93. The van der Waals surface area contributed by atoms with Crippen LogP contribution in [0.2, 0.25) is 0 Å². The first-order chi connectivity index (χ1) is 8.15. The van der Waals surface area contributed by atoms with E-state index in [9.17, 15) is 4.79 Å². The van der Waals surface area contributed by atoms with Gasteiger partial charge in [0.1, 0.15) is 5.75 Å².